The Balaban J connectivity index is 2.37. The van der Waals surface area contributed by atoms with Crippen molar-refractivity contribution < 1.29 is 4.79 Å². The normalized spacial score (nSPS) is 11.0. The van der Waals surface area contributed by atoms with E-state index in [9.17, 15) is 4.79 Å². The number of carbonyl (C=O) groups is 1. The van der Waals surface area contributed by atoms with Crippen LogP contribution in [-0.4, -0.2) is 38.6 Å². The van der Waals surface area contributed by atoms with Gasteiger partial charge in [0.25, 0.3) is 0 Å². The average Bonchev–Trinajstić information content (AvgIpc) is 2.53. The number of nitrogens with zero attached hydrogens (tertiary/aromatic N) is 3. The van der Waals surface area contributed by atoms with E-state index in [-0.39, 0.29) is 0 Å². The molecule has 0 unspecified atom stereocenters. The molecule has 0 spiro atoms. The van der Waals surface area contributed by atoms with Gasteiger partial charge in [0, 0.05) is 0 Å². The number of thioether (sulfide) groups is 1. The van der Waals surface area contributed by atoms with E-state index in [1.165, 1.54) is 11.8 Å². The van der Waals surface area contributed by atoms with E-state index >= 15 is 0 Å². The quantitative estimate of drug-likeness (QED) is 0.225. The molecule has 21 heavy (non-hydrogen) atoms. The summed E-state index contributed by atoms with van der Waals surface area (Å²) >= 11 is 10.4. The van der Waals surface area contributed by atoms with Gasteiger partial charge in [0.15, 0.2) is 0 Å². The number of hydrogen-bond donors (Lipinski definition) is 0. The molecule has 2 rings (SSSR count). The molecule has 1 radical (unpaired) electrons. The van der Waals surface area contributed by atoms with Crippen LogP contribution in [0.25, 0.3) is 0 Å². The number of benzene rings is 1. The maximum absolute atomic E-state index is 11.5. The van der Waals surface area contributed by atoms with E-state index in [2.05, 4.69) is 25.9 Å². The van der Waals surface area contributed by atoms with E-state index < -0.39 is 16.0 Å². The summed E-state index contributed by atoms with van der Waals surface area (Å²) in [4.78, 5) is 20.2. The number of rotatable bonds is 6. The van der Waals surface area contributed by atoms with Crippen LogP contribution in [0.15, 0.2) is 35.6 Å². The SMILES string of the molecule is CSc1ncc(CBr)c(N(C=O)[As]c2ccccc2Cl)n1. The summed E-state index contributed by atoms with van der Waals surface area (Å²) in [6, 6.07) is 7.55. The van der Waals surface area contributed by atoms with Crippen LogP contribution in [0.5, 0.6) is 0 Å². The van der Waals surface area contributed by atoms with Gasteiger partial charge in [0.1, 0.15) is 0 Å². The molecule has 0 bridgehead atoms. The number of alkyl halides is 1. The summed E-state index contributed by atoms with van der Waals surface area (Å²) in [5.41, 5.74) is 0.877. The monoisotopic (exact) mass is 446 g/mol. The Hall–Kier alpha value is -0.552. The third-order valence-electron chi connectivity index (χ3n) is 2.53. The van der Waals surface area contributed by atoms with Crippen molar-refractivity contribution in [2.75, 3.05) is 10.1 Å². The topological polar surface area (TPSA) is 46.1 Å². The summed E-state index contributed by atoms with van der Waals surface area (Å²) < 4.78 is 2.60. The first-order valence-electron chi connectivity index (χ1n) is 5.86. The number of anilines is 1. The van der Waals surface area contributed by atoms with E-state index in [1.54, 1.807) is 10.0 Å². The van der Waals surface area contributed by atoms with Crippen molar-refractivity contribution >= 4 is 71.8 Å². The molecule has 0 aliphatic heterocycles. The van der Waals surface area contributed by atoms with Gasteiger partial charge in [-0.3, -0.25) is 0 Å². The first-order valence-corrected chi connectivity index (χ1v) is 10.4. The first-order chi connectivity index (χ1) is 10.2. The van der Waals surface area contributed by atoms with E-state index in [0.29, 0.717) is 21.3 Å². The molecule has 0 fully saturated rings. The minimum absolute atomic E-state index is 0.588. The molecule has 1 aromatic heterocycles. The Morgan fingerprint density at radius 3 is 2.86 bits per heavy atom. The summed E-state index contributed by atoms with van der Waals surface area (Å²) in [6.45, 7) is 0. The molecule has 0 aliphatic carbocycles. The van der Waals surface area contributed by atoms with E-state index in [0.717, 1.165) is 16.3 Å². The van der Waals surface area contributed by atoms with Crippen molar-refractivity contribution in [1.29, 1.82) is 0 Å². The number of hydrogen-bond acceptors (Lipinski definition) is 4. The van der Waals surface area contributed by atoms with E-state index in [1.807, 2.05) is 30.5 Å². The van der Waals surface area contributed by atoms with Gasteiger partial charge in [0.05, 0.1) is 0 Å². The summed E-state index contributed by atoms with van der Waals surface area (Å²) in [7, 11) is 0. The standard InChI is InChI=1S/C13H11AsBrClN3OS/c1-21-13-17-7-9(6-15)12(18-13)19(8-20)14-10-4-2-3-5-11(10)16/h2-5,7-8H,6H2,1H3. The summed E-state index contributed by atoms with van der Waals surface area (Å²) in [5, 5.41) is 1.90. The van der Waals surface area contributed by atoms with Gasteiger partial charge in [0.2, 0.25) is 0 Å². The van der Waals surface area contributed by atoms with Crippen LogP contribution < -0.4 is 8.17 Å². The molecular formula is C13H11AsBrClN3OS. The number of carbonyl (C=O) groups excluding carboxylic acids is 1. The average molecular weight is 448 g/mol. The Labute approximate surface area is 147 Å². The number of amides is 1. The maximum atomic E-state index is 11.5. The van der Waals surface area contributed by atoms with Gasteiger partial charge in [-0.25, -0.2) is 0 Å². The van der Waals surface area contributed by atoms with Crippen LogP contribution >= 0.6 is 39.3 Å². The molecule has 8 heteroatoms. The van der Waals surface area contributed by atoms with Gasteiger partial charge in [-0.1, -0.05) is 0 Å². The van der Waals surface area contributed by atoms with Crippen molar-refractivity contribution in [1.82, 2.24) is 9.97 Å². The van der Waals surface area contributed by atoms with Crippen molar-refractivity contribution in [3.63, 3.8) is 0 Å². The molecule has 1 amide bonds. The first kappa shape index (κ1) is 16.8. The zero-order chi connectivity index (χ0) is 15.2. The van der Waals surface area contributed by atoms with Crippen molar-refractivity contribution in [3.05, 3.63) is 41.0 Å². The second-order valence-electron chi connectivity index (χ2n) is 3.84. The zero-order valence-electron chi connectivity index (χ0n) is 11.0. The second kappa shape index (κ2) is 8.18. The fourth-order valence-electron chi connectivity index (χ4n) is 1.54. The molecule has 0 atom stereocenters. The minimum atomic E-state index is -0.600. The molecule has 2 aromatic rings. The molecule has 1 aromatic carbocycles. The Morgan fingerprint density at radius 1 is 1.48 bits per heavy atom. The fraction of sp³-hybridized carbons (Fsp3) is 0.154. The molecule has 109 valence electrons. The molecule has 1 heterocycles. The zero-order valence-corrected chi connectivity index (χ0v) is 16.1. The van der Waals surface area contributed by atoms with Gasteiger partial charge in [-0.15, -0.1) is 0 Å². The Bertz CT molecular complexity index is 647. The van der Waals surface area contributed by atoms with Crippen LogP contribution in [0.2, 0.25) is 5.02 Å². The third kappa shape index (κ3) is 4.22. The molecule has 0 N–H and O–H groups in total. The second-order valence-corrected chi connectivity index (χ2v) is 7.92. The Kier molecular flexibility index (Phi) is 6.55. The summed E-state index contributed by atoms with van der Waals surface area (Å²) in [6.07, 6.45) is 4.45. The van der Waals surface area contributed by atoms with Gasteiger partial charge in [-0.05, 0) is 0 Å². The van der Waals surface area contributed by atoms with Gasteiger partial charge >= 0.3 is 148 Å². The molecule has 0 saturated heterocycles. The van der Waals surface area contributed by atoms with Crippen molar-refractivity contribution in [2.24, 2.45) is 0 Å². The van der Waals surface area contributed by atoms with Crippen LogP contribution in [0.3, 0.4) is 0 Å². The van der Waals surface area contributed by atoms with Gasteiger partial charge in [-0.2, -0.15) is 0 Å². The fourth-order valence-corrected chi connectivity index (χ4v) is 4.43. The van der Waals surface area contributed by atoms with Crippen molar-refractivity contribution in [3.8, 4) is 0 Å². The van der Waals surface area contributed by atoms with Crippen LogP contribution in [-0.2, 0) is 10.1 Å². The predicted octanol–water partition coefficient (Wildman–Crippen LogP) is 2.65. The predicted molar refractivity (Wildman–Crippen MR) is 91.8 cm³/mol. The molecule has 4 nitrogen and oxygen atoms in total. The van der Waals surface area contributed by atoms with Crippen LogP contribution in [0, 0.1) is 0 Å². The van der Waals surface area contributed by atoms with Crippen LogP contribution in [0.4, 0.5) is 5.82 Å². The molecule has 0 aliphatic rings. The van der Waals surface area contributed by atoms with Crippen LogP contribution in [0.1, 0.15) is 5.56 Å². The Morgan fingerprint density at radius 2 is 2.24 bits per heavy atom. The number of aromatic nitrogens is 2. The van der Waals surface area contributed by atoms with E-state index in [4.69, 9.17) is 11.6 Å². The van der Waals surface area contributed by atoms with Crippen molar-refractivity contribution in [2.45, 2.75) is 10.5 Å². The molecule has 0 saturated carbocycles. The summed E-state index contributed by atoms with van der Waals surface area (Å²) in [5.74, 6) is 0.640. The number of halogens is 2. The molecular weight excluding hydrogens is 437 g/mol. The van der Waals surface area contributed by atoms with Gasteiger partial charge < -0.3 is 0 Å². The third-order valence-corrected chi connectivity index (χ3v) is 6.63.